The molecule has 1 fully saturated rings. The number of methoxy groups -OCH3 is 1. The van der Waals surface area contributed by atoms with Crippen molar-refractivity contribution >= 4 is 17.6 Å². The Hall–Kier alpha value is -2.11. The van der Waals surface area contributed by atoms with Gasteiger partial charge in [0, 0.05) is 23.8 Å². The van der Waals surface area contributed by atoms with Crippen LogP contribution in [0.5, 0.6) is 0 Å². The number of hydrogen-bond donors (Lipinski definition) is 1. The summed E-state index contributed by atoms with van der Waals surface area (Å²) >= 11 is 0. The van der Waals surface area contributed by atoms with E-state index >= 15 is 0 Å². The normalized spacial score (nSPS) is 18.4. The van der Waals surface area contributed by atoms with Gasteiger partial charge in [0.1, 0.15) is 5.82 Å². The third-order valence-electron chi connectivity index (χ3n) is 3.69. The lowest BCUT2D eigenvalue weighted by Crippen LogP contribution is -2.44. The molecule has 1 heterocycles. The van der Waals surface area contributed by atoms with Gasteiger partial charge < -0.3 is 15.4 Å². The summed E-state index contributed by atoms with van der Waals surface area (Å²) in [7, 11) is 1.32. The fraction of sp³-hybridized carbons (Fsp3) is 0.467. The van der Waals surface area contributed by atoms with Crippen LogP contribution in [0.4, 0.5) is 10.1 Å². The Morgan fingerprint density at radius 1 is 1.38 bits per heavy atom. The maximum atomic E-state index is 13.4. The fourth-order valence-electron chi connectivity index (χ4n) is 2.66. The van der Waals surface area contributed by atoms with Crippen molar-refractivity contribution in [2.45, 2.75) is 31.7 Å². The number of nitrogens with two attached hydrogens (primary N) is 1. The zero-order chi connectivity index (χ0) is 15.4. The lowest BCUT2D eigenvalue weighted by atomic mass is 9.98. The minimum absolute atomic E-state index is 0.160. The van der Waals surface area contributed by atoms with Crippen molar-refractivity contribution in [3.63, 3.8) is 0 Å². The highest BCUT2D eigenvalue weighted by atomic mass is 19.1. The molecule has 0 saturated carbocycles. The molecule has 1 aromatic carbocycles. The number of likely N-dealkylation sites (tertiary alicyclic amines) is 1. The topological polar surface area (TPSA) is 72.6 Å². The Morgan fingerprint density at radius 2 is 2.14 bits per heavy atom. The number of esters is 1. The second-order valence-electron chi connectivity index (χ2n) is 5.20. The van der Waals surface area contributed by atoms with Crippen molar-refractivity contribution in [3.05, 3.63) is 29.6 Å². The van der Waals surface area contributed by atoms with Gasteiger partial charge in [0.2, 0.25) is 0 Å². The quantitative estimate of drug-likeness (QED) is 0.683. The van der Waals surface area contributed by atoms with Gasteiger partial charge in [-0.3, -0.25) is 9.59 Å². The number of anilines is 1. The average molecular weight is 294 g/mol. The maximum Gasteiger partial charge on any atom is 0.307 e. The summed E-state index contributed by atoms with van der Waals surface area (Å²) < 4.78 is 18.1. The molecule has 21 heavy (non-hydrogen) atoms. The number of rotatable bonds is 3. The van der Waals surface area contributed by atoms with Crippen molar-refractivity contribution in [1.29, 1.82) is 0 Å². The molecule has 1 aliphatic heterocycles. The molecule has 0 aromatic heterocycles. The zero-order valence-electron chi connectivity index (χ0n) is 12.0. The molecule has 0 aliphatic carbocycles. The molecule has 2 rings (SSSR count). The molecular weight excluding hydrogens is 275 g/mol. The van der Waals surface area contributed by atoms with Crippen LogP contribution < -0.4 is 5.73 Å². The highest BCUT2D eigenvalue weighted by molar-refractivity contribution is 5.95. The summed E-state index contributed by atoms with van der Waals surface area (Å²) in [4.78, 5) is 25.6. The van der Waals surface area contributed by atoms with E-state index < -0.39 is 5.82 Å². The number of carbonyl (C=O) groups is 2. The van der Waals surface area contributed by atoms with Crippen LogP contribution >= 0.6 is 0 Å². The number of carbonyl (C=O) groups excluding carboxylic acids is 2. The number of nitrogen functional groups attached to an aromatic ring is 1. The molecule has 0 radical (unpaired) electrons. The molecule has 1 unspecified atom stereocenters. The first kappa shape index (κ1) is 15.3. The second-order valence-corrected chi connectivity index (χ2v) is 5.20. The number of amides is 1. The highest BCUT2D eigenvalue weighted by Gasteiger charge is 2.29. The Labute approximate surface area is 122 Å². The molecule has 5 nitrogen and oxygen atoms in total. The van der Waals surface area contributed by atoms with Crippen molar-refractivity contribution in [2.75, 3.05) is 19.4 Å². The van der Waals surface area contributed by atoms with Crippen molar-refractivity contribution in [3.8, 4) is 0 Å². The lowest BCUT2D eigenvalue weighted by molar-refractivity contribution is -0.142. The van der Waals surface area contributed by atoms with E-state index in [2.05, 4.69) is 4.74 Å². The van der Waals surface area contributed by atoms with Crippen LogP contribution in [-0.2, 0) is 9.53 Å². The van der Waals surface area contributed by atoms with Crippen molar-refractivity contribution < 1.29 is 18.7 Å². The van der Waals surface area contributed by atoms with Gasteiger partial charge in [-0.1, -0.05) is 0 Å². The van der Waals surface area contributed by atoms with Crippen LogP contribution in [-0.4, -0.2) is 36.5 Å². The van der Waals surface area contributed by atoms with E-state index in [-0.39, 0.29) is 35.6 Å². The first-order chi connectivity index (χ1) is 10.0. The predicted molar refractivity (Wildman–Crippen MR) is 76.1 cm³/mol. The monoisotopic (exact) mass is 294 g/mol. The molecule has 1 aliphatic rings. The number of ether oxygens (including phenoxy) is 1. The van der Waals surface area contributed by atoms with Crippen LogP contribution in [0.15, 0.2) is 18.2 Å². The van der Waals surface area contributed by atoms with Gasteiger partial charge in [-0.15, -0.1) is 0 Å². The van der Waals surface area contributed by atoms with E-state index in [4.69, 9.17) is 5.73 Å². The highest BCUT2D eigenvalue weighted by Crippen LogP contribution is 2.23. The van der Waals surface area contributed by atoms with Gasteiger partial charge in [-0.25, -0.2) is 4.39 Å². The molecule has 114 valence electrons. The molecule has 0 spiro atoms. The smallest absolute Gasteiger partial charge is 0.307 e. The van der Waals surface area contributed by atoms with E-state index in [1.165, 1.54) is 25.3 Å². The molecule has 1 amide bonds. The Balaban J connectivity index is 2.19. The third kappa shape index (κ3) is 3.71. The van der Waals surface area contributed by atoms with Crippen LogP contribution in [0.25, 0.3) is 0 Å². The van der Waals surface area contributed by atoms with Crippen molar-refractivity contribution in [2.24, 2.45) is 0 Å². The summed E-state index contributed by atoms with van der Waals surface area (Å²) in [5.41, 5.74) is 6.00. The van der Waals surface area contributed by atoms with E-state index in [1.54, 1.807) is 4.90 Å². The van der Waals surface area contributed by atoms with Crippen molar-refractivity contribution in [1.82, 2.24) is 4.90 Å². The largest absolute Gasteiger partial charge is 0.469 e. The summed E-state index contributed by atoms with van der Waals surface area (Å²) in [6, 6.07) is 3.58. The Bertz CT molecular complexity index is 527. The molecular formula is C15H19FN2O3. The summed E-state index contributed by atoms with van der Waals surface area (Å²) in [5.74, 6) is -1.19. The van der Waals surface area contributed by atoms with Crippen LogP contribution in [0.2, 0.25) is 0 Å². The predicted octanol–water partition coefficient (Wildman–Crippen LogP) is 1.97. The number of halogens is 1. The van der Waals surface area contributed by atoms with E-state index in [0.717, 1.165) is 19.3 Å². The standard InChI is InChI=1S/C15H19FN2O3/c1-21-14(19)9-13-4-2-3-5-18(13)15(20)10-6-11(16)8-12(17)7-10/h6-8,13H,2-5,9,17H2,1H3. The van der Waals surface area contributed by atoms with E-state index in [0.29, 0.717) is 6.54 Å². The zero-order valence-corrected chi connectivity index (χ0v) is 12.0. The third-order valence-corrected chi connectivity index (χ3v) is 3.69. The number of piperidine rings is 1. The van der Waals surface area contributed by atoms with Gasteiger partial charge in [-0.2, -0.15) is 0 Å². The Morgan fingerprint density at radius 3 is 2.81 bits per heavy atom. The molecule has 1 aromatic rings. The van der Waals surface area contributed by atoms with E-state index in [1.807, 2.05) is 0 Å². The molecule has 1 saturated heterocycles. The first-order valence-electron chi connectivity index (χ1n) is 6.95. The summed E-state index contributed by atoms with van der Waals surface area (Å²) in [6.07, 6.45) is 2.73. The molecule has 2 N–H and O–H groups in total. The average Bonchev–Trinajstić information content (AvgIpc) is 2.46. The second kappa shape index (κ2) is 6.56. The van der Waals surface area contributed by atoms with Crippen LogP contribution in [0, 0.1) is 5.82 Å². The Kier molecular flexibility index (Phi) is 4.77. The van der Waals surface area contributed by atoms with E-state index in [9.17, 15) is 14.0 Å². The summed E-state index contributed by atoms with van der Waals surface area (Å²) in [6.45, 7) is 0.552. The lowest BCUT2D eigenvalue weighted by Gasteiger charge is -2.35. The molecule has 1 atom stereocenters. The van der Waals surface area contributed by atoms with Gasteiger partial charge in [0.05, 0.1) is 13.5 Å². The van der Waals surface area contributed by atoms with Gasteiger partial charge in [0.15, 0.2) is 0 Å². The SMILES string of the molecule is COC(=O)CC1CCCCN1C(=O)c1cc(N)cc(F)c1. The van der Waals surface area contributed by atoms with Gasteiger partial charge in [0.25, 0.3) is 5.91 Å². The number of nitrogens with zero attached hydrogens (tertiary/aromatic N) is 1. The molecule has 0 bridgehead atoms. The van der Waals surface area contributed by atoms with Crippen LogP contribution in [0.3, 0.4) is 0 Å². The summed E-state index contributed by atoms with van der Waals surface area (Å²) in [5, 5.41) is 0. The fourth-order valence-corrected chi connectivity index (χ4v) is 2.66. The number of benzene rings is 1. The van der Waals surface area contributed by atoms with Crippen LogP contribution in [0.1, 0.15) is 36.0 Å². The number of hydrogen-bond acceptors (Lipinski definition) is 4. The van der Waals surface area contributed by atoms with Gasteiger partial charge in [-0.05, 0) is 37.5 Å². The maximum absolute atomic E-state index is 13.4. The first-order valence-corrected chi connectivity index (χ1v) is 6.95. The minimum Gasteiger partial charge on any atom is -0.469 e. The minimum atomic E-state index is -0.542. The molecule has 6 heteroatoms. The van der Waals surface area contributed by atoms with Gasteiger partial charge >= 0.3 is 5.97 Å².